The summed E-state index contributed by atoms with van der Waals surface area (Å²) < 4.78 is 62.6. The van der Waals surface area contributed by atoms with Gasteiger partial charge in [-0.1, -0.05) is 17.8 Å². The van der Waals surface area contributed by atoms with Crippen LogP contribution >= 0.6 is 11.3 Å². The van der Waals surface area contributed by atoms with E-state index in [0.717, 1.165) is 36.7 Å². The molecule has 2 heterocycles. The standard InChI is InChI=1S/C23H25F2N3O4S2/c1-15-5-3-4-10-28(15)34(30,31)18-8-6-16(7-9-18)22(29)26-23-27(11-12-32-2)21-19(25)13-17(24)14-20(21)33-23/h6-9,13-15H,3-5,10-12H2,1-2H3. The molecular formula is C23H25F2N3O4S2. The number of benzene rings is 2. The third kappa shape index (κ3) is 4.83. The summed E-state index contributed by atoms with van der Waals surface area (Å²) in [4.78, 5) is 17.3. The van der Waals surface area contributed by atoms with Gasteiger partial charge in [-0.2, -0.15) is 9.30 Å². The zero-order chi connectivity index (χ0) is 24.5. The summed E-state index contributed by atoms with van der Waals surface area (Å²) in [6.07, 6.45) is 2.64. The molecule has 1 aliphatic heterocycles. The number of methoxy groups -OCH3 is 1. The first-order valence-corrected chi connectivity index (χ1v) is 13.2. The third-order valence-electron chi connectivity index (χ3n) is 5.86. The highest BCUT2D eigenvalue weighted by molar-refractivity contribution is 7.89. The predicted molar refractivity (Wildman–Crippen MR) is 125 cm³/mol. The number of hydrogen-bond donors (Lipinski definition) is 0. The van der Waals surface area contributed by atoms with E-state index in [-0.39, 0.29) is 40.0 Å². The van der Waals surface area contributed by atoms with Gasteiger partial charge in [0.2, 0.25) is 10.0 Å². The van der Waals surface area contributed by atoms with Crippen molar-refractivity contribution in [3.63, 3.8) is 0 Å². The van der Waals surface area contributed by atoms with Crippen LogP contribution in [0.2, 0.25) is 0 Å². The van der Waals surface area contributed by atoms with Gasteiger partial charge in [-0.15, -0.1) is 0 Å². The molecule has 1 fully saturated rings. The molecule has 1 amide bonds. The number of amides is 1. The van der Waals surface area contributed by atoms with Gasteiger partial charge in [-0.3, -0.25) is 4.79 Å². The zero-order valence-corrected chi connectivity index (χ0v) is 20.5. The van der Waals surface area contributed by atoms with E-state index in [4.69, 9.17) is 4.74 Å². The van der Waals surface area contributed by atoms with Gasteiger partial charge in [0.05, 0.1) is 21.7 Å². The molecule has 0 radical (unpaired) electrons. The van der Waals surface area contributed by atoms with Crippen molar-refractivity contribution in [2.45, 2.75) is 43.7 Å². The number of rotatable bonds is 6. The van der Waals surface area contributed by atoms with Gasteiger partial charge in [0.15, 0.2) is 10.6 Å². The highest BCUT2D eigenvalue weighted by Gasteiger charge is 2.31. The average molecular weight is 510 g/mol. The summed E-state index contributed by atoms with van der Waals surface area (Å²) in [5, 5.41) is 0. The average Bonchev–Trinajstić information content (AvgIpc) is 3.14. The van der Waals surface area contributed by atoms with E-state index in [1.165, 1.54) is 46.3 Å². The fraction of sp³-hybridized carbons (Fsp3) is 0.391. The normalized spacial score (nSPS) is 18.0. The number of sulfonamides is 1. The molecule has 182 valence electrons. The van der Waals surface area contributed by atoms with Crippen LogP contribution < -0.4 is 4.80 Å². The first-order valence-electron chi connectivity index (χ1n) is 10.9. The van der Waals surface area contributed by atoms with E-state index in [2.05, 4.69) is 4.99 Å². The van der Waals surface area contributed by atoms with Gasteiger partial charge in [0.25, 0.3) is 5.91 Å². The summed E-state index contributed by atoms with van der Waals surface area (Å²) in [6.45, 7) is 2.83. The smallest absolute Gasteiger partial charge is 0.279 e. The molecule has 0 aliphatic carbocycles. The Hall–Kier alpha value is -2.47. The molecule has 4 rings (SSSR count). The van der Waals surface area contributed by atoms with Crippen molar-refractivity contribution >= 4 is 37.5 Å². The second-order valence-corrected chi connectivity index (χ2v) is 11.1. The third-order valence-corrected chi connectivity index (χ3v) is 8.91. The van der Waals surface area contributed by atoms with E-state index in [9.17, 15) is 22.0 Å². The Morgan fingerprint density at radius 3 is 2.62 bits per heavy atom. The van der Waals surface area contributed by atoms with E-state index < -0.39 is 27.6 Å². The number of nitrogens with zero attached hydrogens (tertiary/aromatic N) is 3. The van der Waals surface area contributed by atoms with Crippen molar-refractivity contribution in [2.24, 2.45) is 4.99 Å². The highest BCUT2D eigenvalue weighted by atomic mass is 32.2. The van der Waals surface area contributed by atoms with Crippen molar-refractivity contribution < 1.29 is 26.7 Å². The lowest BCUT2D eigenvalue weighted by Gasteiger charge is -2.32. The maximum absolute atomic E-state index is 14.5. The van der Waals surface area contributed by atoms with Crippen molar-refractivity contribution in [2.75, 3.05) is 20.3 Å². The molecule has 1 unspecified atom stereocenters. The Morgan fingerprint density at radius 2 is 1.94 bits per heavy atom. The number of carbonyl (C=O) groups is 1. The summed E-state index contributed by atoms with van der Waals surface area (Å²) in [5.41, 5.74) is 0.333. The lowest BCUT2D eigenvalue weighted by molar-refractivity contribution is 0.0997. The number of piperidine rings is 1. The second-order valence-electron chi connectivity index (χ2n) is 8.17. The molecule has 0 bridgehead atoms. The SMILES string of the molecule is COCCn1c(=NC(=O)c2ccc(S(=O)(=O)N3CCCCC3C)cc2)sc2cc(F)cc(F)c21. The minimum absolute atomic E-state index is 0.0733. The highest BCUT2D eigenvalue weighted by Crippen LogP contribution is 2.26. The van der Waals surface area contributed by atoms with Crippen molar-refractivity contribution in [3.05, 3.63) is 58.4 Å². The molecule has 0 N–H and O–H groups in total. The molecule has 1 atom stereocenters. The molecule has 0 saturated carbocycles. The largest absolute Gasteiger partial charge is 0.383 e. The van der Waals surface area contributed by atoms with Gasteiger partial charge < -0.3 is 9.30 Å². The molecule has 2 aromatic carbocycles. The first kappa shape index (κ1) is 24.6. The first-order chi connectivity index (χ1) is 16.2. The van der Waals surface area contributed by atoms with E-state index in [1.54, 1.807) is 0 Å². The van der Waals surface area contributed by atoms with Crippen LogP contribution in [0.4, 0.5) is 8.78 Å². The van der Waals surface area contributed by atoms with Crippen LogP contribution in [0.3, 0.4) is 0 Å². The molecule has 34 heavy (non-hydrogen) atoms. The maximum atomic E-state index is 14.5. The Bertz CT molecular complexity index is 1380. The Balaban J connectivity index is 1.67. The summed E-state index contributed by atoms with van der Waals surface area (Å²) >= 11 is 0.989. The van der Waals surface area contributed by atoms with E-state index >= 15 is 0 Å². The van der Waals surface area contributed by atoms with Crippen molar-refractivity contribution in [3.8, 4) is 0 Å². The molecule has 0 spiro atoms. The molecule has 1 saturated heterocycles. The number of fused-ring (bicyclic) bond motifs is 1. The predicted octanol–water partition coefficient (Wildman–Crippen LogP) is 3.93. The minimum atomic E-state index is -3.66. The van der Waals surface area contributed by atoms with Gasteiger partial charge in [0, 0.05) is 37.9 Å². The zero-order valence-electron chi connectivity index (χ0n) is 18.8. The van der Waals surface area contributed by atoms with Crippen LogP contribution in [-0.2, 0) is 21.3 Å². The number of halogens is 2. The Morgan fingerprint density at radius 1 is 1.21 bits per heavy atom. The van der Waals surface area contributed by atoms with Crippen molar-refractivity contribution in [1.29, 1.82) is 0 Å². The summed E-state index contributed by atoms with van der Waals surface area (Å²) in [7, 11) is -2.16. The topological polar surface area (TPSA) is 81.0 Å². The van der Waals surface area contributed by atoms with Gasteiger partial charge >= 0.3 is 0 Å². The van der Waals surface area contributed by atoms with Crippen LogP contribution in [0, 0.1) is 11.6 Å². The number of carbonyl (C=O) groups excluding carboxylic acids is 1. The Kier molecular flexibility index (Phi) is 7.27. The lowest BCUT2D eigenvalue weighted by Crippen LogP contribution is -2.41. The van der Waals surface area contributed by atoms with Crippen LogP contribution in [0.15, 0.2) is 46.3 Å². The second kappa shape index (κ2) is 10.0. The fourth-order valence-corrected chi connectivity index (χ4v) is 6.88. The molecule has 3 aromatic rings. The number of ether oxygens (including phenoxy) is 1. The number of hydrogen-bond acceptors (Lipinski definition) is 5. The maximum Gasteiger partial charge on any atom is 0.279 e. The van der Waals surface area contributed by atoms with Gasteiger partial charge in [0.1, 0.15) is 5.82 Å². The number of aromatic nitrogens is 1. The van der Waals surface area contributed by atoms with Gasteiger partial charge in [-0.25, -0.2) is 17.2 Å². The molecule has 1 aliphatic rings. The fourth-order valence-electron chi connectivity index (χ4n) is 4.09. The van der Waals surface area contributed by atoms with E-state index in [1.807, 2.05) is 6.92 Å². The monoisotopic (exact) mass is 509 g/mol. The summed E-state index contributed by atoms with van der Waals surface area (Å²) in [6, 6.07) is 7.54. The van der Waals surface area contributed by atoms with Gasteiger partial charge in [-0.05, 0) is 50.1 Å². The Labute approximate surface area is 200 Å². The molecular weight excluding hydrogens is 484 g/mol. The minimum Gasteiger partial charge on any atom is -0.383 e. The number of thiazole rings is 1. The van der Waals surface area contributed by atoms with E-state index in [0.29, 0.717) is 11.2 Å². The van der Waals surface area contributed by atoms with Crippen LogP contribution in [0.25, 0.3) is 10.2 Å². The van der Waals surface area contributed by atoms with Crippen LogP contribution in [-0.4, -0.2) is 49.5 Å². The van der Waals surface area contributed by atoms with Crippen LogP contribution in [0.5, 0.6) is 0 Å². The van der Waals surface area contributed by atoms with Crippen LogP contribution in [0.1, 0.15) is 36.5 Å². The van der Waals surface area contributed by atoms with Crippen molar-refractivity contribution in [1.82, 2.24) is 8.87 Å². The quantitative estimate of drug-likeness (QED) is 0.504. The molecule has 1 aromatic heterocycles. The lowest BCUT2D eigenvalue weighted by atomic mass is 10.1. The summed E-state index contributed by atoms with van der Waals surface area (Å²) in [5.74, 6) is -2.09. The molecule has 7 nitrogen and oxygen atoms in total. The molecule has 11 heteroatoms.